The van der Waals surface area contributed by atoms with E-state index in [9.17, 15) is 14.4 Å². The summed E-state index contributed by atoms with van der Waals surface area (Å²) in [5.74, 6) is -1.69. The minimum absolute atomic E-state index is 0.276. The summed E-state index contributed by atoms with van der Waals surface area (Å²) in [5.41, 5.74) is 0.388. The predicted octanol–water partition coefficient (Wildman–Crippen LogP) is 2.88. The third-order valence-electron chi connectivity index (χ3n) is 4.11. The van der Waals surface area contributed by atoms with E-state index >= 15 is 0 Å². The quantitative estimate of drug-likeness (QED) is 0.671. The Morgan fingerprint density at radius 3 is 2.30 bits per heavy atom. The highest BCUT2D eigenvalue weighted by Crippen LogP contribution is 2.35. The maximum absolute atomic E-state index is 12.3. The number of rotatable bonds is 3. The number of halogens is 2. The highest BCUT2D eigenvalue weighted by atomic mass is 35.5. The summed E-state index contributed by atoms with van der Waals surface area (Å²) < 4.78 is 0. The van der Waals surface area contributed by atoms with Crippen molar-refractivity contribution in [1.82, 2.24) is 4.90 Å². The molecular formula is C16H14Cl2N2O3. The molecule has 0 aromatic heterocycles. The van der Waals surface area contributed by atoms with Crippen LogP contribution in [-0.2, 0) is 14.4 Å². The third-order valence-corrected chi connectivity index (χ3v) is 4.65. The maximum Gasteiger partial charge on any atom is 0.244 e. The summed E-state index contributed by atoms with van der Waals surface area (Å²) in [6.45, 7) is -0.302. The smallest absolute Gasteiger partial charge is 0.244 e. The van der Waals surface area contributed by atoms with E-state index in [2.05, 4.69) is 5.32 Å². The van der Waals surface area contributed by atoms with Crippen molar-refractivity contribution in [3.8, 4) is 0 Å². The molecule has 2 aliphatic rings. The first-order valence-corrected chi connectivity index (χ1v) is 7.98. The Morgan fingerprint density at radius 1 is 1.13 bits per heavy atom. The van der Waals surface area contributed by atoms with E-state index in [1.807, 2.05) is 12.2 Å². The molecule has 7 heteroatoms. The number of imide groups is 1. The normalized spacial score (nSPS) is 23.1. The van der Waals surface area contributed by atoms with Crippen LogP contribution in [0.3, 0.4) is 0 Å². The highest BCUT2D eigenvalue weighted by molar-refractivity contribution is 6.36. The molecule has 1 fully saturated rings. The fourth-order valence-electron chi connectivity index (χ4n) is 2.95. The Balaban J connectivity index is 1.68. The SMILES string of the molecule is O=C(CN1C(=O)[C@H]2CC=CC[C@@H]2C1=O)Nc1ccc(Cl)cc1Cl. The molecule has 23 heavy (non-hydrogen) atoms. The highest BCUT2D eigenvalue weighted by Gasteiger charge is 2.47. The lowest BCUT2D eigenvalue weighted by Crippen LogP contribution is -2.38. The molecule has 1 aliphatic carbocycles. The third kappa shape index (κ3) is 3.12. The van der Waals surface area contributed by atoms with Gasteiger partial charge in [-0.2, -0.15) is 0 Å². The summed E-state index contributed by atoms with van der Waals surface area (Å²) in [4.78, 5) is 37.8. The second-order valence-corrected chi connectivity index (χ2v) is 6.43. The fourth-order valence-corrected chi connectivity index (χ4v) is 3.40. The van der Waals surface area contributed by atoms with Crippen LogP contribution < -0.4 is 5.32 Å². The molecule has 1 aliphatic heterocycles. The van der Waals surface area contributed by atoms with E-state index in [0.29, 0.717) is 28.6 Å². The van der Waals surface area contributed by atoms with E-state index < -0.39 is 5.91 Å². The van der Waals surface area contributed by atoms with Crippen molar-refractivity contribution < 1.29 is 14.4 Å². The molecule has 0 radical (unpaired) electrons. The molecule has 0 unspecified atom stereocenters. The molecule has 1 aromatic rings. The number of carbonyl (C=O) groups excluding carboxylic acids is 3. The topological polar surface area (TPSA) is 66.5 Å². The minimum atomic E-state index is -0.470. The van der Waals surface area contributed by atoms with Gasteiger partial charge in [0.1, 0.15) is 6.54 Å². The van der Waals surface area contributed by atoms with Crippen LogP contribution >= 0.6 is 23.2 Å². The second kappa shape index (κ2) is 6.34. The van der Waals surface area contributed by atoms with Gasteiger partial charge in [-0.25, -0.2) is 0 Å². The van der Waals surface area contributed by atoms with Crippen LogP contribution in [0.5, 0.6) is 0 Å². The first kappa shape index (κ1) is 16.0. The number of nitrogens with one attached hydrogen (secondary N) is 1. The summed E-state index contributed by atoms with van der Waals surface area (Å²) >= 11 is 11.8. The molecular weight excluding hydrogens is 339 g/mol. The molecule has 0 bridgehead atoms. The number of hydrogen-bond acceptors (Lipinski definition) is 3. The predicted molar refractivity (Wildman–Crippen MR) is 87.2 cm³/mol. The summed E-state index contributed by atoms with van der Waals surface area (Å²) in [5, 5.41) is 3.34. The Labute approximate surface area is 143 Å². The van der Waals surface area contributed by atoms with Gasteiger partial charge >= 0.3 is 0 Å². The van der Waals surface area contributed by atoms with Gasteiger partial charge in [0.05, 0.1) is 22.5 Å². The number of allylic oxidation sites excluding steroid dienone is 2. The van der Waals surface area contributed by atoms with Crippen molar-refractivity contribution in [3.63, 3.8) is 0 Å². The zero-order chi connectivity index (χ0) is 16.6. The van der Waals surface area contributed by atoms with Gasteiger partial charge in [0, 0.05) is 5.02 Å². The molecule has 0 spiro atoms. The van der Waals surface area contributed by atoms with E-state index in [1.54, 1.807) is 12.1 Å². The summed E-state index contributed by atoms with van der Waals surface area (Å²) in [7, 11) is 0. The van der Waals surface area contributed by atoms with Gasteiger partial charge in [-0.3, -0.25) is 19.3 Å². The van der Waals surface area contributed by atoms with Crippen molar-refractivity contribution in [2.75, 3.05) is 11.9 Å². The van der Waals surface area contributed by atoms with Crippen LogP contribution in [-0.4, -0.2) is 29.2 Å². The standard InChI is InChI=1S/C16H14Cl2N2O3/c17-9-5-6-13(12(18)7-9)19-14(21)8-20-15(22)10-3-1-2-4-11(10)16(20)23/h1-2,5-7,10-11H,3-4,8H2,(H,19,21)/t10-,11-/m0/s1. The van der Waals surface area contributed by atoms with E-state index in [1.165, 1.54) is 6.07 Å². The number of carbonyl (C=O) groups is 3. The Kier molecular flexibility index (Phi) is 4.41. The number of likely N-dealkylation sites (tertiary alicyclic amines) is 1. The van der Waals surface area contributed by atoms with Gasteiger partial charge in [0.15, 0.2) is 0 Å². The molecule has 3 rings (SSSR count). The fraction of sp³-hybridized carbons (Fsp3) is 0.312. The van der Waals surface area contributed by atoms with Crippen molar-refractivity contribution >= 4 is 46.6 Å². The summed E-state index contributed by atoms with van der Waals surface area (Å²) in [6, 6.07) is 4.67. The van der Waals surface area contributed by atoms with Gasteiger partial charge in [-0.15, -0.1) is 0 Å². The molecule has 1 heterocycles. The van der Waals surface area contributed by atoms with Gasteiger partial charge < -0.3 is 5.32 Å². The number of hydrogen-bond donors (Lipinski definition) is 1. The molecule has 0 saturated carbocycles. The minimum Gasteiger partial charge on any atom is -0.323 e. The number of nitrogens with zero attached hydrogens (tertiary/aromatic N) is 1. The maximum atomic E-state index is 12.3. The number of fused-ring (bicyclic) bond motifs is 1. The Bertz CT molecular complexity index is 691. The first-order valence-electron chi connectivity index (χ1n) is 7.22. The van der Waals surface area contributed by atoms with Crippen molar-refractivity contribution in [2.24, 2.45) is 11.8 Å². The molecule has 2 atom stereocenters. The molecule has 120 valence electrons. The largest absolute Gasteiger partial charge is 0.323 e. The van der Waals surface area contributed by atoms with Gasteiger partial charge in [-0.1, -0.05) is 35.4 Å². The van der Waals surface area contributed by atoms with Crippen LogP contribution in [0.4, 0.5) is 5.69 Å². The molecule has 1 aromatic carbocycles. The Morgan fingerprint density at radius 2 is 1.74 bits per heavy atom. The van der Waals surface area contributed by atoms with Gasteiger partial charge in [0.2, 0.25) is 17.7 Å². The van der Waals surface area contributed by atoms with Crippen molar-refractivity contribution in [1.29, 1.82) is 0 Å². The lowest BCUT2D eigenvalue weighted by molar-refractivity contribution is -0.142. The Hall–Kier alpha value is -1.85. The van der Waals surface area contributed by atoms with Crippen molar-refractivity contribution in [2.45, 2.75) is 12.8 Å². The zero-order valence-corrected chi connectivity index (χ0v) is 13.6. The van der Waals surface area contributed by atoms with E-state index in [4.69, 9.17) is 23.2 Å². The average molecular weight is 353 g/mol. The second-order valence-electron chi connectivity index (χ2n) is 5.59. The number of amides is 3. The van der Waals surface area contributed by atoms with Crippen LogP contribution in [0, 0.1) is 11.8 Å². The summed E-state index contributed by atoms with van der Waals surface area (Å²) in [6.07, 6.45) is 4.92. The van der Waals surface area contributed by atoms with Gasteiger partial charge in [-0.05, 0) is 31.0 Å². The van der Waals surface area contributed by atoms with Crippen molar-refractivity contribution in [3.05, 3.63) is 40.4 Å². The number of anilines is 1. The molecule has 1 N–H and O–H groups in total. The lowest BCUT2D eigenvalue weighted by atomic mass is 9.85. The van der Waals surface area contributed by atoms with Gasteiger partial charge in [0.25, 0.3) is 0 Å². The van der Waals surface area contributed by atoms with Crippen LogP contribution in [0.2, 0.25) is 10.0 Å². The first-order chi connectivity index (χ1) is 11.0. The monoisotopic (exact) mass is 352 g/mol. The lowest BCUT2D eigenvalue weighted by Gasteiger charge is -2.15. The average Bonchev–Trinajstić information content (AvgIpc) is 2.76. The van der Waals surface area contributed by atoms with E-state index in [0.717, 1.165) is 4.90 Å². The van der Waals surface area contributed by atoms with Crippen LogP contribution in [0.1, 0.15) is 12.8 Å². The van der Waals surface area contributed by atoms with Crippen LogP contribution in [0.25, 0.3) is 0 Å². The molecule has 3 amide bonds. The molecule has 5 nitrogen and oxygen atoms in total. The number of benzene rings is 1. The zero-order valence-electron chi connectivity index (χ0n) is 12.1. The molecule has 1 saturated heterocycles. The van der Waals surface area contributed by atoms with Crippen LogP contribution in [0.15, 0.2) is 30.4 Å². The van der Waals surface area contributed by atoms with E-state index in [-0.39, 0.29) is 30.2 Å².